The summed E-state index contributed by atoms with van der Waals surface area (Å²) in [6.45, 7) is 0.672. The first-order valence-electron chi connectivity index (χ1n) is 6.66. The van der Waals surface area contributed by atoms with Crippen LogP contribution in [0.1, 0.15) is 5.56 Å². The number of nitrogens with zero attached hydrogens (tertiary/aromatic N) is 1. The van der Waals surface area contributed by atoms with Crippen molar-refractivity contribution in [2.75, 3.05) is 6.61 Å². The van der Waals surface area contributed by atoms with Crippen molar-refractivity contribution in [3.05, 3.63) is 58.1 Å². The molecule has 2 aromatic carbocycles. The summed E-state index contributed by atoms with van der Waals surface area (Å²) in [6.07, 6.45) is 0.843. The maximum absolute atomic E-state index is 13.3. The van der Waals surface area contributed by atoms with Crippen LogP contribution >= 0.6 is 0 Å². The van der Waals surface area contributed by atoms with Gasteiger partial charge in [0.25, 0.3) is 5.56 Å². The van der Waals surface area contributed by atoms with Crippen molar-refractivity contribution in [2.24, 2.45) is 0 Å². The molecule has 5 heteroatoms. The fourth-order valence-electron chi connectivity index (χ4n) is 2.58. The fourth-order valence-corrected chi connectivity index (χ4v) is 2.58. The lowest BCUT2D eigenvalue weighted by molar-refractivity contribution is 0.357. The van der Waals surface area contributed by atoms with E-state index in [4.69, 9.17) is 4.74 Å². The van der Waals surface area contributed by atoms with Crippen LogP contribution < -0.4 is 10.3 Å². The van der Waals surface area contributed by atoms with Gasteiger partial charge in [0.2, 0.25) is 0 Å². The second-order valence-electron chi connectivity index (χ2n) is 5.00. The molecule has 0 saturated carbocycles. The van der Waals surface area contributed by atoms with Crippen LogP contribution in [-0.4, -0.2) is 16.6 Å². The molecule has 0 fully saturated rings. The first-order valence-corrected chi connectivity index (χ1v) is 6.66. The van der Waals surface area contributed by atoms with Crippen molar-refractivity contribution in [3.63, 3.8) is 0 Å². The van der Waals surface area contributed by atoms with Crippen molar-refractivity contribution < 1.29 is 9.13 Å². The molecule has 0 aliphatic carbocycles. The molecule has 104 valence electrons. The molecule has 4 nitrogen and oxygen atoms in total. The van der Waals surface area contributed by atoms with E-state index >= 15 is 0 Å². The summed E-state index contributed by atoms with van der Waals surface area (Å²) in [5.74, 6) is 0.898. The SMILES string of the molecule is O=c1[nH]c(-c2ccc3c(c2)CCO3)nc2cc(F)ccc12. The monoisotopic (exact) mass is 282 g/mol. The zero-order chi connectivity index (χ0) is 14.4. The zero-order valence-corrected chi connectivity index (χ0v) is 11.0. The van der Waals surface area contributed by atoms with E-state index in [1.807, 2.05) is 18.2 Å². The Morgan fingerprint density at radius 3 is 3.00 bits per heavy atom. The first-order chi connectivity index (χ1) is 10.2. The molecule has 1 N–H and O–H groups in total. The third-order valence-corrected chi connectivity index (χ3v) is 3.63. The molecule has 1 aromatic heterocycles. The van der Waals surface area contributed by atoms with E-state index in [9.17, 15) is 9.18 Å². The van der Waals surface area contributed by atoms with Gasteiger partial charge in [-0.15, -0.1) is 0 Å². The Morgan fingerprint density at radius 1 is 1.19 bits per heavy atom. The summed E-state index contributed by atoms with van der Waals surface area (Å²) in [6, 6.07) is 9.62. The molecule has 0 amide bonds. The van der Waals surface area contributed by atoms with Gasteiger partial charge in [0, 0.05) is 18.1 Å². The van der Waals surface area contributed by atoms with E-state index in [0.29, 0.717) is 23.3 Å². The smallest absolute Gasteiger partial charge is 0.259 e. The average Bonchev–Trinajstić information content (AvgIpc) is 2.94. The maximum atomic E-state index is 13.3. The molecule has 0 radical (unpaired) electrons. The largest absolute Gasteiger partial charge is 0.493 e. The number of aromatic amines is 1. The molecule has 0 unspecified atom stereocenters. The highest BCUT2D eigenvalue weighted by Crippen LogP contribution is 2.29. The second-order valence-corrected chi connectivity index (χ2v) is 5.00. The fraction of sp³-hybridized carbons (Fsp3) is 0.125. The quantitative estimate of drug-likeness (QED) is 0.746. The number of benzene rings is 2. The molecule has 4 rings (SSSR count). The third kappa shape index (κ3) is 1.98. The third-order valence-electron chi connectivity index (χ3n) is 3.63. The van der Waals surface area contributed by atoms with E-state index in [2.05, 4.69) is 9.97 Å². The standard InChI is InChI=1S/C16H11FN2O2/c17-11-2-3-12-13(8-11)18-15(19-16(12)20)10-1-4-14-9(7-10)5-6-21-14/h1-4,7-8H,5-6H2,(H,18,19,20). The predicted molar refractivity (Wildman–Crippen MR) is 77.0 cm³/mol. The van der Waals surface area contributed by atoms with Gasteiger partial charge in [0.15, 0.2) is 0 Å². The molecule has 1 aliphatic rings. The van der Waals surface area contributed by atoms with Crippen LogP contribution in [0.2, 0.25) is 0 Å². The van der Waals surface area contributed by atoms with Crippen LogP contribution in [0, 0.1) is 5.82 Å². The number of ether oxygens (including phenoxy) is 1. The Morgan fingerprint density at radius 2 is 2.10 bits per heavy atom. The molecular formula is C16H11FN2O2. The van der Waals surface area contributed by atoms with Gasteiger partial charge in [-0.05, 0) is 35.9 Å². The van der Waals surface area contributed by atoms with E-state index < -0.39 is 5.82 Å². The molecular weight excluding hydrogens is 271 g/mol. The molecule has 21 heavy (non-hydrogen) atoms. The van der Waals surface area contributed by atoms with Crippen molar-refractivity contribution in [1.82, 2.24) is 9.97 Å². The van der Waals surface area contributed by atoms with Gasteiger partial charge in [-0.25, -0.2) is 9.37 Å². The number of hydrogen-bond donors (Lipinski definition) is 1. The lowest BCUT2D eigenvalue weighted by atomic mass is 10.1. The summed E-state index contributed by atoms with van der Waals surface area (Å²) in [4.78, 5) is 19.2. The van der Waals surface area contributed by atoms with Gasteiger partial charge in [0.05, 0.1) is 17.5 Å². The van der Waals surface area contributed by atoms with Crippen LogP contribution in [-0.2, 0) is 6.42 Å². The molecule has 1 aliphatic heterocycles. The Bertz CT molecular complexity index is 918. The topological polar surface area (TPSA) is 55.0 Å². The number of rotatable bonds is 1. The number of fused-ring (bicyclic) bond motifs is 2. The Balaban J connectivity index is 1.92. The first kappa shape index (κ1) is 12.1. The van der Waals surface area contributed by atoms with Gasteiger partial charge >= 0.3 is 0 Å². The number of hydrogen-bond acceptors (Lipinski definition) is 3. The van der Waals surface area contributed by atoms with E-state index in [1.54, 1.807) is 0 Å². The minimum Gasteiger partial charge on any atom is -0.493 e. The predicted octanol–water partition coefficient (Wildman–Crippen LogP) is 2.66. The maximum Gasteiger partial charge on any atom is 0.259 e. The molecule has 0 atom stereocenters. The van der Waals surface area contributed by atoms with Crippen molar-refractivity contribution >= 4 is 10.9 Å². The summed E-state index contributed by atoms with van der Waals surface area (Å²) in [5.41, 5.74) is 1.97. The zero-order valence-electron chi connectivity index (χ0n) is 11.0. The van der Waals surface area contributed by atoms with E-state index in [1.165, 1.54) is 18.2 Å². The Kier molecular flexibility index (Phi) is 2.54. The Hall–Kier alpha value is -2.69. The minimum absolute atomic E-state index is 0.272. The highest BCUT2D eigenvalue weighted by molar-refractivity contribution is 5.79. The van der Waals surface area contributed by atoms with Gasteiger partial charge in [-0.2, -0.15) is 0 Å². The lowest BCUT2D eigenvalue weighted by Gasteiger charge is -2.05. The van der Waals surface area contributed by atoms with Gasteiger partial charge in [-0.3, -0.25) is 4.79 Å². The van der Waals surface area contributed by atoms with Crippen LogP contribution in [0.5, 0.6) is 5.75 Å². The second kappa shape index (κ2) is 4.41. The summed E-state index contributed by atoms with van der Waals surface area (Å²) in [7, 11) is 0. The lowest BCUT2D eigenvalue weighted by Crippen LogP contribution is -2.09. The normalized spacial score (nSPS) is 13.2. The van der Waals surface area contributed by atoms with Crippen molar-refractivity contribution in [2.45, 2.75) is 6.42 Å². The van der Waals surface area contributed by atoms with Crippen molar-refractivity contribution in [3.8, 4) is 17.1 Å². The average molecular weight is 282 g/mol. The van der Waals surface area contributed by atoms with Gasteiger partial charge < -0.3 is 9.72 Å². The minimum atomic E-state index is -0.408. The highest BCUT2D eigenvalue weighted by atomic mass is 19.1. The summed E-state index contributed by atoms with van der Waals surface area (Å²) < 4.78 is 18.8. The van der Waals surface area contributed by atoms with Crippen LogP contribution in [0.25, 0.3) is 22.3 Å². The number of nitrogens with one attached hydrogen (secondary N) is 1. The summed E-state index contributed by atoms with van der Waals surface area (Å²) in [5, 5.41) is 0.379. The number of aromatic nitrogens is 2. The highest BCUT2D eigenvalue weighted by Gasteiger charge is 2.14. The molecule has 3 aromatic rings. The molecule has 2 heterocycles. The summed E-state index contributed by atoms with van der Waals surface area (Å²) >= 11 is 0. The van der Waals surface area contributed by atoms with Crippen LogP contribution in [0.4, 0.5) is 4.39 Å². The molecule has 0 bridgehead atoms. The van der Waals surface area contributed by atoms with Crippen LogP contribution in [0.15, 0.2) is 41.2 Å². The van der Waals surface area contributed by atoms with Gasteiger partial charge in [0.1, 0.15) is 17.4 Å². The van der Waals surface area contributed by atoms with E-state index in [0.717, 1.165) is 23.3 Å². The molecule has 0 saturated heterocycles. The van der Waals surface area contributed by atoms with E-state index in [-0.39, 0.29) is 5.56 Å². The van der Waals surface area contributed by atoms with Crippen molar-refractivity contribution in [1.29, 1.82) is 0 Å². The van der Waals surface area contributed by atoms with Gasteiger partial charge in [-0.1, -0.05) is 0 Å². The number of H-pyrrole nitrogens is 1. The number of halogens is 1. The Labute approximate surface area is 119 Å². The van der Waals surface area contributed by atoms with Crippen LogP contribution in [0.3, 0.4) is 0 Å². The molecule has 0 spiro atoms.